The summed E-state index contributed by atoms with van der Waals surface area (Å²) in [6.45, 7) is 0. The van der Waals surface area contributed by atoms with Crippen molar-refractivity contribution < 1.29 is 19.1 Å². The number of rotatable bonds is 3. The normalized spacial score (nSPS) is 22.1. The summed E-state index contributed by atoms with van der Waals surface area (Å²) in [4.78, 5) is 26.7. The maximum Gasteiger partial charge on any atom is 0.307 e. The summed E-state index contributed by atoms with van der Waals surface area (Å²) in [6, 6.07) is 3.06. The third-order valence-electron chi connectivity index (χ3n) is 3.12. The van der Waals surface area contributed by atoms with Crippen LogP contribution in [0.1, 0.15) is 16.8 Å². The van der Waals surface area contributed by atoms with Gasteiger partial charge in [-0.3, -0.25) is 9.59 Å². The first kappa shape index (κ1) is 11.2. The van der Waals surface area contributed by atoms with Gasteiger partial charge in [0.1, 0.15) is 5.52 Å². The van der Waals surface area contributed by atoms with Crippen molar-refractivity contribution in [3.8, 4) is 0 Å². The first-order valence-electron chi connectivity index (χ1n) is 5.37. The van der Waals surface area contributed by atoms with Crippen molar-refractivity contribution in [3.63, 3.8) is 0 Å². The molecule has 0 bridgehead atoms. The van der Waals surface area contributed by atoms with Crippen molar-refractivity contribution in [1.29, 1.82) is 0 Å². The monoisotopic (exact) mass is 265 g/mol. The van der Waals surface area contributed by atoms with Crippen LogP contribution in [0.2, 0.25) is 5.02 Å². The smallest absolute Gasteiger partial charge is 0.307 e. The van der Waals surface area contributed by atoms with E-state index in [1.54, 1.807) is 6.07 Å². The molecule has 0 saturated heterocycles. The van der Waals surface area contributed by atoms with Crippen LogP contribution < -0.4 is 0 Å². The number of carbonyl (C=O) groups is 2. The van der Waals surface area contributed by atoms with Crippen molar-refractivity contribution in [1.82, 2.24) is 4.98 Å². The van der Waals surface area contributed by atoms with E-state index in [1.807, 2.05) is 0 Å². The fourth-order valence-corrected chi connectivity index (χ4v) is 2.30. The summed E-state index contributed by atoms with van der Waals surface area (Å²) in [5.74, 6) is -2.15. The maximum absolute atomic E-state index is 12.1. The highest BCUT2D eigenvalue weighted by Gasteiger charge is 2.48. The van der Waals surface area contributed by atoms with Crippen LogP contribution in [0.3, 0.4) is 0 Å². The SMILES string of the molecule is O=C(O)[C@H]1C[C@@H]1C(=O)c1cc(Cl)c2ncoc2c1. The van der Waals surface area contributed by atoms with Crippen molar-refractivity contribution in [3.05, 3.63) is 29.1 Å². The Balaban J connectivity index is 1.95. The molecule has 5 nitrogen and oxygen atoms in total. The summed E-state index contributed by atoms with van der Waals surface area (Å²) in [6.07, 6.45) is 1.64. The molecule has 1 aliphatic rings. The van der Waals surface area contributed by atoms with E-state index in [1.165, 1.54) is 12.5 Å². The average molecular weight is 266 g/mol. The highest BCUT2D eigenvalue weighted by atomic mass is 35.5. The van der Waals surface area contributed by atoms with Gasteiger partial charge in [0.25, 0.3) is 0 Å². The molecule has 2 atom stereocenters. The molecule has 1 N–H and O–H groups in total. The topological polar surface area (TPSA) is 80.4 Å². The third-order valence-corrected chi connectivity index (χ3v) is 3.41. The number of oxazole rings is 1. The zero-order valence-corrected chi connectivity index (χ0v) is 9.85. The van der Waals surface area contributed by atoms with Crippen LogP contribution in [0, 0.1) is 11.8 Å². The number of aromatic nitrogens is 1. The fraction of sp³-hybridized carbons (Fsp3) is 0.250. The molecule has 6 heteroatoms. The molecule has 1 fully saturated rings. The number of fused-ring (bicyclic) bond motifs is 1. The Morgan fingerprint density at radius 3 is 2.83 bits per heavy atom. The molecule has 1 aromatic carbocycles. The molecule has 1 saturated carbocycles. The van der Waals surface area contributed by atoms with Gasteiger partial charge < -0.3 is 9.52 Å². The number of halogens is 1. The molecule has 0 aliphatic heterocycles. The second-order valence-corrected chi connectivity index (χ2v) is 4.72. The molecule has 0 unspecified atom stereocenters. The van der Waals surface area contributed by atoms with Crippen molar-refractivity contribution in [2.24, 2.45) is 11.8 Å². The Bertz CT molecular complexity index is 663. The maximum atomic E-state index is 12.1. The van der Waals surface area contributed by atoms with Crippen molar-refractivity contribution >= 4 is 34.5 Å². The van der Waals surface area contributed by atoms with Gasteiger partial charge in [0.05, 0.1) is 10.9 Å². The molecule has 0 amide bonds. The van der Waals surface area contributed by atoms with Gasteiger partial charge in [-0.1, -0.05) is 11.6 Å². The quantitative estimate of drug-likeness (QED) is 0.862. The lowest BCUT2D eigenvalue weighted by atomic mass is 10.1. The van der Waals surface area contributed by atoms with E-state index in [0.717, 1.165) is 0 Å². The fourth-order valence-electron chi connectivity index (χ4n) is 2.04. The van der Waals surface area contributed by atoms with Crippen LogP contribution in [-0.4, -0.2) is 21.8 Å². The summed E-state index contributed by atoms with van der Waals surface area (Å²) in [5.41, 5.74) is 1.30. The lowest BCUT2D eigenvalue weighted by Crippen LogP contribution is -2.08. The van der Waals surface area contributed by atoms with Crippen LogP contribution in [0.15, 0.2) is 22.9 Å². The van der Waals surface area contributed by atoms with E-state index in [2.05, 4.69) is 4.98 Å². The minimum Gasteiger partial charge on any atom is -0.481 e. The molecule has 0 radical (unpaired) electrons. The lowest BCUT2D eigenvalue weighted by molar-refractivity contribution is -0.138. The van der Waals surface area contributed by atoms with Gasteiger partial charge in [-0.05, 0) is 18.6 Å². The standard InChI is InChI=1S/C12H8ClNO4/c13-8-1-5(2-9-10(8)14-4-18-9)11(15)6-3-7(6)12(16)17/h1-2,4,6-7H,3H2,(H,16,17)/t6-,7-/m0/s1. The molecular weight excluding hydrogens is 258 g/mol. The summed E-state index contributed by atoms with van der Waals surface area (Å²) < 4.78 is 5.10. The lowest BCUT2D eigenvalue weighted by Gasteiger charge is -2.00. The Morgan fingerprint density at radius 2 is 2.17 bits per heavy atom. The van der Waals surface area contributed by atoms with E-state index < -0.39 is 17.8 Å². The Hall–Kier alpha value is -1.88. The molecule has 1 aliphatic carbocycles. The Morgan fingerprint density at radius 1 is 1.39 bits per heavy atom. The number of ketones is 1. The zero-order valence-electron chi connectivity index (χ0n) is 9.09. The number of hydrogen-bond acceptors (Lipinski definition) is 4. The van der Waals surface area contributed by atoms with Crippen LogP contribution >= 0.6 is 11.6 Å². The zero-order chi connectivity index (χ0) is 12.9. The van der Waals surface area contributed by atoms with Gasteiger partial charge in [-0.2, -0.15) is 0 Å². The van der Waals surface area contributed by atoms with E-state index in [-0.39, 0.29) is 5.78 Å². The number of Topliss-reactive ketones (excluding diaryl/α,β-unsaturated/α-hetero) is 1. The van der Waals surface area contributed by atoms with Gasteiger partial charge in [-0.15, -0.1) is 0 Å². The van der Waals surface area contributed by atoms with E-state index >= 15 is 0 Å². The van der Waals surface area contributed by atoms with Crippen molar-refractivity contribution in [2.45, 2.75) is 6.42 Å². The van der Waals surface area contributed by atoms with Gasteiger partial charge in [0.15, 0.2) is 17.8 Å². The summed E-state index contributed by atoms with van der Waals surface area (Å²) in [5, 5.41) is 9.14. The number of benzene rings is 1. The van der Waals surface area contributed by atoms with Crippen LogP contribution in [0.4, 0.5) is 0 Å². The van der Waals surface area contributed by atoms with Gasteiger partial charge in [0, 0.05) is 11.5 Å². The minimum absolute atomic E-state index is 0.206. The van der Waals surface area contributed by atoms with Crippen LogP contribution in [0.25, 0.3) is 11.1 Å². The highest BCUT2D eigenvalue weighted by Crippen LogP contribution is 2.41. The number of carboxylic acid groups (broad SMARTS) is 1. The molecule has 1 aromatic heterocycles. The number of hydrogen-bond donors (Lipinski definition) is 1. The summed E-state index contributed by atoms with van der Waals surface area (Å²) in [7, 11) is 0. The van der Waals surface area contributed by atoms with E-state index in [9.17, 15) is 9.59 Å². The van der Waals surface area contributed by atoms with Crippen molar-refractivity contribution in [2.75, 3.05) is 0 Å². The van der Waals surface area contributed by atoms with Gasteiger partial charge in [0.2, 0.25) is 0 Å². The van der Waals surface area contributed by atoms with E-state index in [4.69, 9.17) is 21.1 Å². The predicted molar refractivity (Wildman–Crippen MR) is 62.6 cm³/mol. The second-order valence-electron chi connectivity index (χ2n) is 4.31. The molecule has 3 rings (SSSR count). The molecule has 1 heterocycles. The number of nitrogens with zero attached hydrogens (tertiary/aromatic N) is 1. The number of aliphatic carboxylic acids is 1. The molecule has 2 aromatic rings. The first-order valence-corrected chi connectivity index (χ1v) is 5.75. The molecule has 92 valence electrons. The molecule has 18 heavy (non-hydrogen) atoms. The van der Waals surface area contributed by atoms with E-state index in [0.29, 0.717) is 28.1 Å². The molecule has 0 spiro atoms. The highest BCUT2D eigenvalue weighted by molar-refractivity contribution is 6.35. The number of carbonyl (C=O) groups excluding carboxylic acids is 1. The Kier molecular flexibility index (Phi) is 2.38. The Labute approximate surface area is 106 Å². The van der Waals surface area contributed by atoms with Gasteiger partial charge >= 0.3 is 5.97 Å². The molecular formula is C12H8ClNO4. The largest absolute Gasteiger partial charge is 0.481 e. The third kappa shape index (κ3) is 1.67. The second kappa shape index (κ2) is 3.81. The number of carboxylic acids is 1. The minimum atomic E-state index is -0.930. The summed E-state index contributed by atoms with van der Waals surface area (Å²) >= 11 is 5.98. The first-order chi connectivity index (χ1) is 8.58. The van der Waals surface area contributed by atoms with Gasteiger partial charge in [-0.25, -0.2) is 4.98 Å². The average Bonchev–Trinajstić information content (AvgIpc) is 2.99. The predicted octanol–water partition coefficient (Wildman–Crippen LogP) is 2.38. The van der Waals surface area contributed by atoms with Crippen LogP contribution in [-0.2, 0) is 4.79 Å². The van der Waals surface area contributed by atoms with Crippen LogP contribution in [0.5, 0.6) is 0 Å².